The summed E-state index contributed by atoms with van der Waals surface area (Å²) in [4.78, 5) is 16.7. The number of nitriles is 1. The number of hydrogen-bond acceptors (Lipinski definition) is 4. The highest BCUT2D eigenvalue weighted by atomic mass is 79.9. The molecule has 2 atom stereocenters. The van der Waals surface area contributed by atoms with Crippen molar-refractivity contribution in [3.63, 3.8) is 0 Å². The zero-order valence-electron chi connectivity index (χ0n) is 14.3. The van der Waals surface area contributed by atoms with Crippen LogP contribution >= 0.6 is 15.9 Å². The van der Waals surface area contributed by atoms with Crippen LogP contribution in [-0.2, 0) is 4.74 Å². The second-order valence-electron chi connectivity index (χ2n) is 7.45. The Bertz CT molecular complexity index is 678. The first-order chi connectivity index (χ1) is 11.3. The van der Waals surface area contributed by atoms with Crippen molar-refractivity contribution in [3.05, 3.63) is 28.2 Å². The van der Waals surface area contributed by atoms with Gasteiger partial charge in [-0.15, -0.1) is 0 Å². The Morgan fingerprint density at radius 2 is 1.92 bits per heavy atom. The molecule has 1 amide bonds. The summed E-state index contributed by atoms with van der Waals surface area (Å²) < 4.78 is 6.38. The van der Waals surface area contributed by atoms with Gasteiger partial charge in [-0.05, 0) is 67.7 Å². The highest BCUT2D eigenvalue weighted by Crippen LogP contribution is 2.34. The Hall–Kier alpha value is -1.74. The number of nitrogens with zero attached hydrogens (tertiary/aromatic N) is 3. The van der Waals surface area contributed by atoms with Gasteiger partial charge in [-0.3, -0.25) is 4.90 Å². The van der Waals surface area contributed by atoms with E-state index in [-0.39, 0.29) is 18.2 Å². The number of ether oxygens (including phenoxy) is 1. The van der Waals surface area contributed by atoms with E-state index in [1.54, 1.807) is 0 Å². The summed E-state index contributed by atoms with van der Waals surface area (Å²) in [7, 11) is 0. The van der Waals surface area contributed by atoms with Crippen LogP contribution in [0.15, 0.2) is 22.7 Å². The van der Waals surface area contributed by atoms with E-state index in [2.05, 4.69) is 26.9 Å². The van der Waals surface area contributed by atoms with E-state index >= 15 is 0 Å². The van der Waals surface area contributed by atoms with Gasteiger partial charge in [0.1, 0.15) is 11.7 Å². The molecule has 2 unspecified atom stereocenters. The summed E-state index contributed by atoms with van der Waals surface area (Å²) in [5.41, 5.74) is 1.20. The molecule has 0 aromatic heterocycles. The molecule has 2 aliphatic rings. The lowest BCUT2D eigenvalue weighted by Gasteiger charge is -2.42. The molecule has 3 rings (SSSR count). The minimum atomic E-state index is -0.471. The third kappa shape index (κ3) is 3.36. The number of halogens is 1. The number of carbonyl (C=O) groups is 1. The largest absolute Gasteiger partial charge is 0.444 e. The minimum Gasteiger partial charge on any atom is -0.444 e. The van der Waals surface area contributed by atoms with Crippen LogP contribution in [0, 0.1) is 11.3 Å². The lowest BCUT2D eigenvalue weighted by atomic mass is 10.1. The molecule has 2 saturated heterocycles. The van der Waals surface area contributed by atoms with E-state index < -0.39 is 5.60 Å². The molecule has 0 radical (unpaired) electrons. The molecule has 1 aromatic rings. The van der Waals surface area contributed by atoms with Crippen molar-refractivity contribution in [2.75, 3.05) is 18.0 Å². The van der Waals surface area contributed by atoms with Crippen LogP contribution in [0.2, 0.25) is 0 Å². The van der Waals surface area contributed by atoms with Crippen LogP contribution in [0.1, 0.15) is 39.2 Å². The number of carbonyl (C=O) groups excluding carboxylic acids is 1. The number of hydrogen-bond donors (Lipinski definition) is 0. The number of fused-ring (bicyclic) bond motifs is 2. The Morgan fingerprint density at radius 3 is 2.46 bits per heavy atom. The predicted octanol–water partition coefficient (Wildman–Crippen LogP) is 3.91. The first-order valence-electron chi connectivity index (χ1n) is 8.24. The maximum absolute atomic E-state index is 12.5. The standard InChI is InChI=1S/C18H22BrN3O2/c1-18(2,3)24-17(23)22-14-4-5-15(22)11-21(10-14)13-6-7-16(19)12(8-13)9-20/h6-8,14-15H,4-5,10-11H2,1-3H3. The van der Waals surface area contributed by atoms with Gasteiger partial charge in [0.15, 0.2) is 0 Å². The second kappa shape index (κ2) is 6.29. The van der Waals surface area contributed by atoms with Gasteiger partial charge in [0.25, 0.3) is 0 Å². The van der Waals surface area contributed by atoms with E-state index in [1.165, 1.54) is 0 Å². The quantitative estimate of drug-likeness (QED) is 0.727. The number of rotatable bonds is 1. The molecule has 128 valence electrons. The predicted molar refractivity (Wildman–Crippen MR) is 96.0 cm³/mol. The summed E-state index contributed by atoms with van der Waals surface area (Å²) in [6.45, 7) is 7.25. The van der Waals surface area contributed by atoms with Gasteiger partial charge in [0, 0.05) is 23.2 Å². The molecule has 2 fully saturated rings. The smallest absolute Gasteiger partial charge is 0.410 e. The van der Waals surface area contributed by atoms with Crippen LogP contribution < -0.4 is 4.90 Å². The second-order valence-corrected chi connectivity index (χ2v) is 8.31. The van der Waals surface area contributed by atoms with E-state index in [9.17, 15) is 10.1 Å². The van der Waals surface area contributed by atoms with Crippen molar-refractivity contribution < 1.29 is 9.53 Å². The summed E-state index contributed by atoms with van der Waals surface area (Å²) in [5.74, 6) is 0. The average molecular weight is 392 g/mol. The number of benzene rings is 1. The molecule has 0 N–H and O–H groups in total. The maximum Gasteiger partial charge on any atom is 0.410 e. The molecule has 6 heteroatoms. The highest BCUT2D eigenvalue weighted by molar-refractivity contribution is 9.10. The lowest BCUT2D eigenvalue weighted by Crippen LogP contribution is -2.56. The SMILES string of the molecule is CC(C)(C)OC(=O)N1C2CCC1CN(c1ccc(Br)c(C#N)c1)C2. The first-order valence-corrected chi connectivity index (χ1v) is 9.04. The summed E-state index contributed by atoms with van der Waals surface area (Å²) in [5, 5.41) is 9.21. The fourth-order valence-electron chi connectivity index (χ4n) is 3.52. The van der Waals surface area contributed by atoms with Crippen molar-refractivity contribution in [1.82, 2.24) is 4.90 Å². The van der Waals surface area contributed by atoms with Gasteiger partial charge < -0.3 is 9.64 Å². The molecule has 0 aliphatic carbocycles. The summed E-state index contributed by atoms with van der Waals surface area (Å²) in [6.07, 6.45) is 1.80. The Kier molecular flexibility index (Phi) is 4.48. The normalized spacial score (nSPS) is 23.1. The minimum absolute atomic E-state index is 0.174. The molecule has 5 nitrogen and oxygen atoms in total. The molecule has 2 aliphatic heterocycles. The molecule has 0 spiro atoms. The monoisotopic (exact) mass is 391 g/mol. The molecular formula is C18H22BrN3O2. The molecular weight excluding hydrogens is 370 g/mol. The van der Waals surface area contributed by atoms with Crippen molar-refractivity contribution in [3.8, 4) is 6.07 Å². The number of piperazine rings is 1. The molecule has 2 bridgehead atoms. The van der Waals surface area contributed by atoms with Gasteiger partial charge >= 0.3 is 6.09 Å². The van der Waals surface area contributed by atoms with E-state index in [0.717, 1.165) is 36.1 Å². The first kappa shape index (κ1) is 17.1. The van der Waals surface area contributed by atoms with E-state index in [1.807, 2.05) is 43.9 Å². The van der Waals surface area contributed by atoms with Crippen molar-refractivity contribution in [2.24, 2.45) is 0 Å². The van der Waals surface area contributed by atoms with Crippen LogP contribution in [0.5, 0.6) is 0 Å². The zero-order valence-corrected chi connectivity index (χ0v) is 15.8. The van der Waals surface area contributed by atoms with E-state index in [4.69, 9.17) is 4.74 Å². The third-order valence-electron chi connectivity index (χ3n) is 4.52. The van der Waals surface area contributed by atoms with Crippen LogP contribution in [0.3, 0.4) is 0 Å². The van der Waals surface area contributed by atoms with Crippen LogP contribution in [-0.4, -0.2) is 41.8 Å². The van der Waals surface area contributed by atoms with Crippen LogP contribution in [0.4, 0.5) is 10.5 Å². The molecule has 0 saturated carbocycles. The third-order valence-corrected chi connectivity index (χ3v) is 5.21. The maximum atomic E-state index is 12.5. The molecule has 2 heterocycles. The fraction of sp³-hybridized carbons (Fsp3) is 0.556. The number of amides is 1. The van der Waals surface area contributed by atoms with Gasteiger partial charge in [0.2, 0.25) is 0 Å². The Labute approximate surface area is 151 Å². The van der Waals surface area contributed by atoms with Crippen molar-refractivity contribution in [1.29, 1.82) is 5.26 Å². The van der Waals surface area contributed by atoms with E-state index in [0.29, 0.717) is 5.56 Å². The summed E-state index contributed by atoms with van der Waals surface area (Å²) in [6, 6.07) is 8.40. The van der Waals surface area contributed by atoms with Crippen molar-refractivity contribution in [2.45, 2.75) is 51.3 Å². The molecule has 1 aromatic carbocycles. The lowest BCUT2D eigenvalue weighted by molar-refractivity contribution is 0.0123. The zero-order chi connectivity index (χ0) is 17.5. The van der Waals surface area contributed by atoms with Gasteiger partial charge in [-0.1, -0.05) is 0 Å². The fourth-order valence-corrected chi connectivity index (χ4v) is 3.86. The summed E-state index contributed by atoms with van der Waals surface area (Å²) >= 11 is 3.40. The topological polar surface area (TPSA) is 56.6 Å². The van der Waals surface area contributed by atoms with Crippen molar-refractivity contribution >= 4 is 27.7 Å². The Morgan fingerprint density at radius 1 is 1.29 bits per heavy atom. The van der Waals surface area contributed by atoms with Gasteiger partial charge in [0.05, 0.1) is 17.6 Å². The Balaban J connectivity index is 1.76. The van der Waals surface area contributed by atoms with Gasteiger partial charge in [-0.25, -0.2) is 4.79 Å². The molecule has 24 heavy (non-hydrogen) atoms. The number of anilines is 1. The highest BCUT2D eigenvalue weighted by Gasteiger charge is 2.44. The van der Waals surface area contributed by atoms with Gasteiger partial charge in [-0.2, -0.15) is 5.26 Å². The van der Waals surface area contributed by atoms with Crippen LogP contribution in [0.25, 0.3) is 0 Å². The average Bonchev–Trinajstić information content (AvgIpc) is 2.77.